The zero-order chi connectivity index (χ0) is 19.8. The molecular formula is C17H13F2N3O4S. The molecule has 1 N–H and O–H groups in total. The number of carbonyl (C=O) groups excluding carboxylic acids is 1. The molecule has 0 unspecified atom stereocenters. The SMILES string of the molecule is Cn1nc(C(=O)Nc2ccccc2S(=O)(=O)C(F)F)c2ccccc2c1=O. The molecule has 0 aliphatic heterocycles. The van der Waals surface area contributed by atoms with Crippen LogP contribution in [0.4, 0.5) is 14.5 Å². The van der Waals surface area contributed by atoms with Gasteiger partial charge in [-0.25, -0.2) is 13.1 Å². The lowest BCUT2D eigenvalue weighted by Crippen LogP contribution is -2.26. The molecule has 3 aromatic rings. The van der Waals surface area contributed by atoms with Crippen LogP contribution in [-0.4, -0.2) is 29.9 Å². The number of aryl methyl sites for hydroxylation is 1. The van der Waals surface area contributed by atoms with E-state index < -0.39 is 32.0 Å². The molecule has 0 aliphatic carbocycles. The highest BCUT2D eigenvalue weighted by Gasteiger charge is 2.30. The number of anilines is 1. The summed E-state index contributed by atoms with van der Waals surface area (Å²) in [7, 11) is -3.55. The molecule has 0 saturated carbocycles. The molecule has 140 valence electrons. The van der Waals surface area contributed by atoms with Gasteiger partial charge >= 0.3 is 5.76 Å². The predicted octanol–water partition coefficient (Wildman–Crippen LogP) is 2.18. The number of nitrogens with zero attached hydrogens (tertiary/aromatic N) is 2. The number of benzene rings is 2. The maximum absolute atomic E-state index is 12.9. The monoisotopic (exact) mass is 393 g/mol. The van der Waals surface area contributed by atoms with Crippen molar-refractivity contribution in [2.45, 2.75) is 10.7 Å². The van der Waals surface area contributed by atoms with E-state index in [1.165, 1.54) is 37.4 Å². The lowest BCUT2D eigenvalue weighted by molar-refractivity contribution is 0.102. The van der Waals surface area contributed by atoms with Crippen molar-refractivity contribution in [3.05, 3.63) is 64.6 Å². The van der Waals surface area contributed by atoms with Crippen LogP contribution >= 0.6 is 0 Å². The topological polar surface area (TPSA) is 98.1 Å². The van der Waals surface area contributed by atoms with E-state index in [9.17, 15) is 26.8 Å². The first-order valence-corrected chi connectivity index (χ1v) is 9.16. The molecule has 27 heavy (non-hydrogen) atoms. The van der Waals surface area contributed by atoms with Crippen LogP contribution in [0.1, 0.15) is 10.5 Å². The third kappa shape index (κ3) is 3.31. The van der Waals surface area contributed by atoms with Gasteiger partial charge in [0.1, 0.15) is 0 Å². The van der Waals surface area contributed by atoms with Crippen LogP contribution < -0.4 is 10.9 Å². The van der Waals surface area contributed by atoms with Gasteiger partial charge in [0.15, 0.2) is 5.69 Å². The minimum Gasteiger partial charge on any atom is -0.319 e. The quantitative estimate of drug-likeness (QED) is 0.733. The molecule has 0 radical (unpaired) electrons. The maximum atomic E-state index is 12.9. The van der Waals surface area contributed by atoms with Gasteiger partial charge in [-0.2, -0.15) is 13.9 Å². The summed E-state index contributed by atoms with van der Waals surface area (Å²) in [5, 5.41) is 6.72. The zero-order valence-electron chi connectivity index (χ0n) is 13.9. The van der Waals surface area contributed by atoms with Crippen molar-refractivity contribution >= 4 is 32.2 Å². The smallest absolute Gasteiger partial charge is 0.319 e. The normalized spacial score (nSPS) is 11.7. The van der Waals surface area contributed by atoms with Gasteiger partial charge in [-0.1, -0.05) is 30.3 Å². The molecule has 0 spiro atoms. The number of fused-ring (bicyclic) bond motifs is 1. The van der Waals surface area contributed by atoms with Crippen molar-refractivity contribution in [1.82, 2.24) is 9.78 Å². The molecule has 1 amide bonds. The first-order valence-electron chi connectivity index (χ1n) is 7.62. The molecule has 10 heteroatoms. The van der Waals surface area contributed by atoms with Crippen LogP contribution in [0.2, 0.25) is 0 Å². The largest absolute Gasteiger partial charge is 0.341 e. The van der Waals surface area contributed by atoms with Crippen molar-refractivity contribution < 1.29 is 22.0 Å². The molecule has 1 aromatic heterocycles. The van der Waals surface area contributed by atoms with Crippen molar-refractivity contribution in [1.29, 1.82) is 0 Å². The van der Waals surface area contributed by atoms with Gasteiger partial charge in [0, 0.05) is 12.4 Å². The van der Waals surface area contributed by atoms with Crippen molar-refractivity contribution in [3.63, 3.8) is 0 Å². The number of rotatable bonds is 4. The van der Waals surface area contributed by atoms with Crippen LogP contribution in [0, 0.1) is 0 Å². The summed E-state index contributed by atoms with van der Waals surface area (Å²) < 4.78 is 50.4. The number of alkyl halides is 2. The van der Waals surface area contributed by atoms with Crippen LogP contribution in [-0.2, 0) is 16.9 Å². The van der Waals surface area contributed by atoms with E-state index in [4.69, 9.17) is 0 Å². The van der Waals surface area contributed by atoms with Gasteiger partial charge in [0.2, 0.25) is 9.84 Å². The fourth-order valence-corrected chi connectivity index (χ4v) is 3.45. The summed E-state index contributed by atoms with van der Waals surface area (Å²) in [6, 6.07) is 11.1. The molecule has 7 nitrogen and oxygen atoms in total. The Kier molecular flexibility index (Phi) is 4.75. The molecule has 0 atom stereocenters. The second-order valence-electron chi connectivity index (χ2n) is 5.58. The van der Waals surface area contributed by atoms with Crippen molar-refractivity contribution in [2.24, 2.45) is 7.05 Å². The van der Waals surface area contributed by atoms with Crippen LogP contribution in [0.3, 0.4) is 0 Å². The van der Waals surface area contributed by atoms with E-state index in [1.807, 2.05) is 0 Å². The second kappa shape index (κ2) is 6.88. The summed E-state index contributed by atoms with van der Waals surface area (Å²) in [6.07, 6.45) is 0. The Hall–Kier alpha value is -3.14. The number of hydrogen-bond acceptors (Lipinski definition) is 5. The highest BCUT2D eigenvalue weighted by molar-refractivity contribution is 7.91. The fraction of sp³-hybridized carbons (Fsp3) is 0.118. The molecule has 0 saturated heterocycles. The minimum absolute atomic E-state index is 0.142. The Labute approximate surface area is 152 Å². The fourth-order valence-electron chi connectivity index (χ4n) is 2.56. The summed E-state index contributed by atoms with van der Waals surface area (Å²) in [4.78, 5) is 24.1. The van der Waals surface area contributed by atoms with E-state index in [2.05, 4.69) is 10.4 Å². The summed E-state index contributed by atoms with van der Waals surface area (Å²) in [5.74, 6) is -4.47. The average Bonchev–Trinajstić information content (AvgIpc) is 2.64. The Morgan fingerprint density at radius 3 is 2.33 bits per heavy atom. The Morgan fingerprint density at radius 2 is 1.67 bits per heavy atom. The maximum Gasteiger partial charge on any atom is 0.341 e. The Morgan fingerprint density at radius 1 is 1.07 bits per heavy atom. The highest BCUT2D eigenvalue weighted by Crippen LogP contribution is 2.26. The van der Waals surface area contributed by atoms with Gasteiger partial charge in [-0.05, 0) is 18.2 Å². The van der Waals surface area contributed by atoms with E-state index in [0.717, 1.165) is 10.7 Å². The third-order valence-corrected chi connectivity index (χ3v) is 5.29. The molecule has 3 rings (SSSR count). The van der Waals surface area contributed by atoms with Gasteiger partial charge in [0.25, 0.3) is 11.5 Å². The molecule has 0 bridgehead atoms. The molecule has 0 fully saturated rings. The highest BCUT2D eigenvalue weighted by atomic mass is 32.2. The zero-order valence-corrected chi connectivity index (χ0v) is 14.7. The van der Waals surface area contributed by atoms with Crippen molar-refractivity contribution in [2.75, 3.05) is 5.32 Å². The summed E-state index contributed by atoms with van der Waals surface area (Å²) in [5.41, 5.74) is -0.859. The number of sulfone groups is 1. The number of nitrogens with one attached hydrogen (secondary N) is 1. The predicted molar refractivity (Wildman–Crippen MR) is 94.6 cm³/mol. The minimum atomic E-state index is -4.92. The lowest BCUT2D eigenvalue weighted by atomic mass is 10.1. The van der Waals surface area contributed by atoms with E-state index in [0.29, 0.717) is 0 Å². The molecule has 2 aromatic carbocycles. The van der Waals surface area contributed by atoms with Gasteiger partial charge < -0.3 is 5.32 Å². The number of para-hydroxylation sites is 1. The van der Waals surface area contributed by atoms with Crippen LogP contribution in [0.5, 0.6) is 0 Å². The Balaban J connectivity index is 2.10. The average molecular weight is 393 g/mol. The number of halogens is 2. The van der Waals surface area contributed by atoms with E-state index in [-0.39, 0.29) is 22.2 Å². The number of hydrogen-bond donors (Lipinski definition) is 1. The second-order valence-corrected chi connectivity index (χ2v) is 7.47. The van der Waals surface area contributed by atoms with E-state index >= 15 is 0 Å². The molecular weight excluding hydrogens is 380 g/mol. The lowest BCUT2D eigenvalue weighted by Gasteiger charge is -2.12. The van der Waals surface area contributed by atoms with Crippen LogP contribution in [0.15, 0.2) is 58.2 Å². The third-order valence-electron chi connectivity index (χ3n) is 3.85. The summed E-state index contributed by atoms with van der Waals surface area (Å²) >= 11 is 0. The van der Waals surface area contributed by atoms with Gasteiger partial charge in [-0.15, -0.1) is 0 Å². The first-order chi connectivity index (χ1) is 12.7. The number of amides is 1. The number of carbonyl (C=O) groups is 1. The Bertz CT molecular complexity index is 1210. The van der Waals surface area contributed by atoms with Crippen LogP contribution in [0.25, 0.3) is 10.8 Å². The van der Waals surface area contributed by atoms with Gasteiger partial charge in [-0.3, -0.25) is 9.59 Å². The van der Waals surface area contributed by atoms with Gasteiger partial charge in [0.05, 0.1) is 16.0 Å². The first kappa shape index (κ1) is 18.6. The van der Waals surface area contributed by atoms with Crippen molar-refractivity contribution in [3.8, 4) is 0 Å². The van der Waals surface area contributed by atoms with E-state index in [1.54, 1.807) is 12.1 Å². The number of aromatic nitrogens is 2. The molecule has 0 aliphatic rings. The standard InChI is InChI=1S/C17H13F2N3O4S/c1-22-16(24)11-7-3-2-6-10(11)14(21-22)15(23)20-12-8-4-5-9-13(12)27(25,26)17(18)19/h2-9,17H,1H3,(H,20,23). The summed E-state index contributed by atoms with van der Waals surface area (Å²) in [6.45, 7) is 0. The molecule has 1 heterocycles.